The van der Waals surface area contributed by atoms with Crippen molar-refractivity contribution in [3.8, 4) is 5.75 Å². The van der Waals surface area contributed by atoms with E-state index in [1.165, 1.54) is 70.1 Å². The number of nitrogens with two attached hydrogens (primary N) is 4. The summed E-state index contributed by atoms with van der Waals surface area (Å²) in [6.45, 7) is 4.51. The number of fused-ring (bicyclic) bond motifs is 3. The van der Waals surface area contributed by atoms with Crippen molar-refractivity contribution in [2.45, 2.75) is 116 Å². The van der Waals surface area contributed by atoms with Crippen LogP contribution in [0.1, 0.15) is 104 Å². The van der Waals surface area contributed by atoms with E-state index < -0.39 is 24.3 Å². The highest BCUT2D eigenvalue weighted by atomic mass is 16.7. The highest BCUT2D eigenvalue weighted by Gasteiger charge is 2.58. The van der Waals surface area contributed by atoms with Gasteiger partial charge < -0.3 is 42.3 Å². The van der Waals surface area contributed by atoms with Crippen LogP contribution in [-0.4, -0.2) is 58.8 Å². The van der Waals surface area contributed by atoms with Gasteiger partial charge in [0.05, 0.1) is 30.2 Å². The molecule has 14 nitrogen and oxygen atoms in total. The quantitative estimate of drug-likeness (QED) is 0.0342. The largest absolute Gasteiger partial charge is 0.491 e. The van der Waals surface area contributed by atoms with Crippen molar-refractivity contribution in [3.63, 3.8) is 0 Å². The first kappa shape index (κ1) is 39.0. The molecule has 51 heavy (non-hydrogen) atoms. The summed E-state index contributed by atoms with van der Waals surface area (Å²) in [5.41, 5.74) is 23.7. The monoisotopic (exact) mass is 709 g/mol. The second-order valence-electron chi connectivity index (χ2n) is 13.7. The van der Waals surface area contributed by atoms with Gasteiger partial charge in [-0.3, -0.25) is 4.79 Å². The van der Waals surface area contributed by atoms with Crippen molar-refractivity contribution in [2.75, 3.05) is 6.61 Å². The van der Waals surface area contributed by atoms with E-state index in [9.17, 15) is 19.5 Å². The Morgan fingerprint density at radius 1 is 0.980 bits per heavy atom. The molecule has 2 amide bonds. The topological polar surface area (TPSA) is 231 Å². The van der Waals surface area contributed by atoms with Crippen LogP contribution in [0.15, 0.2) is 51.7 Å². The normalized spacial score (nSPS) is 23.9. The SMILES string of the molecule is CC1=CC(O/C=C2/C(=O)N(C(=O)O)[C@@H]3[C@H]4CCC[C@H]4C[C@H]23)OC1=O.CCCCCCCCCCCCOc1ccc(N=C(N)N)cc1N=C(N)N. The summed E-state index contributed by atoms with van der Waals surface area (Å²) in [7, 11) is 0. The van der Waals surface area contributed by atoms with E-state index in [1.807, 2.05) is 0 Å². The molecule has 1 unspecified atom stereocenters. The number of rotatable bonds is 16. The fourth-order valence-electron chi connectivity index (χ4n) is 7.60. The number of carbonyl (C=O) groups is 3. The Balaban J connectivity index is 0.000000229. The number of nitrogens with zero attached hydrogens (tertiary/aromatic N) is 3. The molecule has 0 aromatic heterocycles. The van der Waals surface area contributed by atoms with E-state index in [0.29, 0.717) is 40.8 Å². The smallest absolute Gasteiger partial charge is 0.414 e. The summed E-state index contributed by atoms with van der Waals surface area (Å²) in [5.74, 6) is 0.215. The van der Waals surface area contributed by atoms with E-state index >= 15 is 0 Å². The van der Waals surface area contributed by atoms with Gasteiger partial charge in [-0.15, -0.1) is 0 Å². The minimum atomic E-state index is -1.20. The molecule has 3 fully saturated rings. The molecule has 2 heterocycles. The van der Waals surface area contributed by atoms with Crippen molar-refractivity contribution in [1.29, 1.82) is 0 Å². The number of imide groups is 1. The minimum absolute atomic E-state index is 0.0234. The Kier molecular flexibility index (Phi) is 14.6. The maximum absolute atomic E-state index is 12.6. The maximum atomic E-state index is 12.6. The lowest BCUT2D eigenvalue weighted by Gasteiger charge is -2.24. The third-order valence-corrected chi connectivity index (χ3v) is 9.96. The molecule has 0 bridgehead atoms. The number of carbonyl (C=O) groups excluding carboxylic acids is 2. The van der Waals surface area contributed by atoms with Gasteiger partial charge in [0, 0.05) is 17.6 Å². The number of unbranched alkanes of at least 4 members (excludes halogenated alkanes) is 9. The van der Waals surface area contributed by atoms with Crippen LogP contribution < -0.4 is 27.7 Å². The molecule has 4 aliphatic rings. The van der Waals surface area contributed by atoms with Gasteiger partial charge in [0.25, 0.3) is 12.2 Å². The molecule has 5 rings (SSSR count). The number of hydrogen-bond acceptors (Lipinski definition) is 8. The van der Waals surface area contributed by atoms with Crippen LogP contribution in [0.25, 0.3) is 0 Å². The summed E-state index contributed by atoms with van der Waals surface area (Å²) in [6.07, 6.45) is 17.6. The molecule has 5 atom stereocenters. The molecule has 0 spiro atoms. The second kappa shape index (κ2) is 19.0. The molecular weight excluding hydrogens is 654 g/mol. The van der Waals surface area contributed by atoms with Gasteiger partial charge in [-0.05, 0) is 56.2 Å². The lowest BCUT2D eigenvalue weighted by atomic mass is 9.94. The van der Waals surface area contributed by atoms with Crippen molar-refractivity contribution >= 4 is 41.3 Å². The Hall–Kier alpha value is -4.75. The van der Waals surface area contributed by atoms with Crippen LogP contribution in [0.5, 0.6) is 5.75 Å². The van der Waals surface area contributed by atoms with Crippen LogP contribution in [0.3, 0.4) is 0 Å². The number of guanidine groups is 2. The van der Waals surface area contributed by atoms with Gasteiger partial charge in [0.1, 0.15) is 11.4 Å². The lowest BCUT2D eigenvalue weighted by Crippen LogP contribution is -2.41. The summed E-state index contributed by atoms with van der Waals surface area (Å²) in [4.78, 5) is 44.6. The van der Waals surface area contributed by atoms with E-state index in [2.05, 4.69) is 16.9 Å². The van der Waals surface area contributed by atoms with Crippen molar-refractivity contribution in [1.82, 2.24) is 4.90 Å². The third-order valence-electron chi connectivity index (χ3n) is 9.96. The zero-order valence-corrected chi connectivity index (χ0v) is 29.9. The summed E-state index contributed by atoms with van der Waals surface area (Å²) in [5, 5.41) is 9.48. The predicted octanol–water partition coefficient (Wildman–Crippen LogP) is 5.84. The molecule has 9 N–H and O–H groups in total. The summed E-state index contributed by atoms with van der Waals surface area (Å²) >= 11 is 0. The number of benzene rings is 1. The zero-order chi connectivity index (χ0) is 36.9. The van der Waals surface area contributed by atoms with Crippen LogP contribution in [-0.2, 0) is 19.1 Å². The van der Waals surface area contributed by atoms with E-state index in [4.69, 9.17) is 37.1 Å². The molecule has 2 aliphatic heterocycles. The van der Waals surface area contributed by atoms with Gasteiger partial charge in [-0.2, -0.15) is 0 Å². The van der Waals surface area contributed by atoms with Gasteiger partial charge in [-0.1, -0.05) is 77.6 Å². The van der Waals surface area contributed by atoms with E-state index in [1.54, 1.807) is 25.1 Å². The van der Waals surface area contributed by atoms with E-state index in [0.717, 1.165) is 37.0 Å². The zero-order valence-electron chi connectivity index (χ0n) is 29.9. The van der Waals surface area contributed by atoms with Crippen LogP contribution in [0, 0.1) is 17.8 Å². The fraction of sp³-hybridized carbons (Fsp3) is 0.595. The number of aliphatic imine (C=N–C) groups is 2. The van der Waals surface area contributed by atoms with Crippen molar-refractivity contribution in [2.24, 2.45) is 50.7 Å². The highest BCUT2D eigenvalue weighted by molar-refractivity contribution is 6.05. The standard InChI is InChI=1S/C20H36N6O.C17H19NO6/c1-2-3-4-5-6-7-8-9-10-11-14-27-18-13-12-16(25-19(21)22)15-17(18)26-20(23)24;1-8-5-13(24-16(8)20)23-7-12-11-6-9-3-2-4-10(9)14(11)18(15(12)19)17(21)22/h12-13,15H,2-11,14H2,1H3,(H4,21,22,25)(H4,23,24,26);5,7,9-11,13-14H,2-4,6H2,1H3,(H,21,22)/b;12-7+/t;9-,10-,11+,13?,14+/m.0/s1. The van der Waals surface area contributed by atoms with Gasteiger partial charge in [0.15, 0.2) is 11.9 Å². The fourth-order valence-corrected chi connectivity index (χ4v) is 7.60. The molecule has 280 valence electrons. The summed E-state index contributed by atoms with van der Waals surface area (Å²) in [6, 6.07) is 4.95. The van der Waals surface area contributed by atoms with Gasteiger partial charge in [-0.25, -0.2) is 24.5 Å². The first-order chi connectivity index (χ1) is 24.5. The van der Waals surface area contributed by atoms with Crippen molar-refractivity contribution < 1.29 is 33.7 Å². The number of esters is 1. The summed E-state index contributed by atoms with van der Waals surface area (Å²) < 4.78 is 16.3. The third kappa shape index (κ3) is 10.9. The average molecular weight is 710 g/mol. The number of ether oxygens (including phenoxy) is 3. The number of likely N-dealkylation sites (tertiary alicyclic amines) is 1. The molecule has 1 aromatic rings. The van der Waals surface area contributed by atoms with Crippen LogP contribution in [0.2, 0.25) is 0 Å². The molecular formula is C37H55N7O7. The average Bonchev–Trinajstić information content (AvgIpc) is 3.81. The predicted molar refractivity (Wildman–Crippen MR) is 195 cm³/mol. The molecule has 2 aliphatic carbocycles. The Bertz CT molecular complexity index is 1500. The molecule has 14 heteroatoms. The number of carboxylic acid groups (broad SMARTS) is 1. The number of hydrogen-bond donors (Lipinski definition) is 5. The van der Waals surface area contributed by atoms with Crippen LogP contribution in [0.4, 0.5) is 16.2 Å². The molecule has 0 radical (unpaired) electrons. The van der Waals surface area contributed by atoms with Gasteiger partial charge in [0.2, 0.25) is 0 Å². The number of cyclic esters (lactones) is 1. The number of amides is 2. The van der Waals surface area contributed by atoms with Crippen molar-refractivity contribution in [3.05, 3.63) is 41.7 Å². The molecule has 2 saturated carbocycles. The second-order valence-corrected chi connectivity index (χ2v) is 13.7. The highest BCUT2D eigenvalue weighted by Crippen LogP contribution is 2.54. The first-order valence-corrected chi connectivity index (χ1v) is 18.3. The lowest BCUT2D eigenvalue weighted by molar-refractivity contribution is -0.152. The Labute approximate surface area is 300 Å². The molecule has 1 aromatic carbocycles. The van der Waals surface area contributed by atoms with Gasteiger partial charge >= 0.3 is 12.1 Å². The minimum Gasteiger partial charge on any atom is -0.491 e. The van der Waals surface area contributed by atoms with Crippen LogP contribution >= 0.6 is 0 Å². The first-order valence-electron chi connectivity index (χ1n) is 18.3. The Morgan fingerprint density at radius 2 is 1.65 bits per heavy atom. The maximum Gasteiger partial charge on any atom is 0.414 e. The molecule has 1 saturated heterocycles. The Morgan fingerprint density at radius 3 is 2.25 bits per heavy atom. The van der Waals surface area contributed by atoms with E-state index in [-0.39, 0.29) is 29.8 Å².